The summed E-state index contributed by atoms with van der Waals surface area (Å²) in [5, 5.41) is 10.3. The molecule has 7 heteroatoms. The Morgan fingerprint density at radius 3 is 2.48 bits per heavy atom. The molecule has 1 aromatic carbocycles. The molecule has 0 aliphatic carbocycles. The van der Waals surface area contributed by atoms with Gasteiger partial charge >= 0.3 is 17.8 Å². The SMILES string of the molecule is CO[C@H]1CN(Cc2ccccc2)C2(OC(=O)C(=O)O2)[C@@H]1O. The highest BCUT2D eigenvalue weighted by Gasteiger charge is 2.65. The lowest BCUT2D eigenvalue weighted by atomic mass is 10.2. The van der Waals surface area contributed by atoms with Crippen molar-refractivity contribution in [1.82, 2.24) is 4.90 Å². The van der Waals surface area contributed by atoms with E-state index in [1.54, 1.807) is 4.90 Å². The Kier molecular flexibility index (Phi) is 3.40. The van der Waals surface area contributed by atoms with Crippen molar-refractivity contribution >= 4 is 11.9 Å². The van der Waals surface area contributed by atoms with Gasteiger partial charge in [-0.15, -0.1) is 0 Å². The first-order valence-corrected chi connectivity index (χ1v) is 6.53. The number of carbonyl (C=O) groups is 2. The smallest absolute Gasteiger partial charge is 0.397 e. The number of hydrogen-bond donors (Lipinski definition) is 1. The zero-order chi connectivity index (χ0) is 15.0. The molecule has 1 aromatic rings. The van der Waals surface area contributed by atoms with Gasteiger partial charge in [0.2, 0.25) is 0 Å². The second kappa shape index (κ2) is 5.10. The lowest BCUT2D eigenvalue weighted by Gasteiger charge is -2.32. The predicted molar refractivity (Wildman–Crippen MR) is 68.6 cm³/mol. The minimum atomic E-state index is -1.80. The van der Waals surface area contributed by atoms with Gasteiger partial charge in [0.1, 0.15) is 6.10 Å². The van der Waals surface area contributed by atoms with Crippen LogP contribution < -0.4 is 0 Å². The third-order valence-corrected chi connectivity index (χ3v) is 3.73. The summed E-state index contributed by atoms with van der Waals surface area (Å²) in [5.41, 5.74) is 0.930. The molecule has 112 valence electrons. The number of benzene rings is 1. The number of methoxy groups -OCH3 is 1. The third-order valence-electron chi connectivity index (χ3n) is 3.73. The highest BCUT2D eigenvalue weighted by molar-refractivity contribution is 6.31. The molecule has 2 atom stereocenters. The van der Waals surface area contributed by atoms with Gasteiger partial charge in [-0.3, -0.25) is 0 Å². The fourth-order valence-corrected chi connectivity index (χ4v) is 2.67. The average Bonchev–Trinajstić information content (AvgIpc) is 2.92. The molecule has 1 spiro atoms. The van der Waals surface area contributed by atoms with E-state index in [1.165, 1.54) is 7.11 Å². The van der Waals surface area contributed by atoms with Gasteiger partial charge in [-0.05, 0) is 5.56 Å². The molecule has 2 aliphatic rings. The second-order valence-electron chi connectivity index (χ2n) is 4.99. The molecule has 0 radical (unpaired) electrons. The number of ether oxygens (including phenoxy) is 3. The highest BCUT2D eigenvalue weighted by atomic mass is 16.8. The quantitative estimate of drug-likeness (QED) is 0.601. The van der Waals surface area contributed by atoms with E-state index < -0.39 is 30.1 Å². The van der Waals surface area contributed by atoms with Crippen LogP contribution in [0.25, 0.3) is 0 Å². The fraction of sp³-hybridized carbons (Fsp3) is 0.429. The van der Waals surface area contributed by atoms with E-state index in [9.17, 15) is 14.7 Å². The topological polar surface area (TPSA) is 85.3 Å². The van der Waals surface area contributed by atoms with Gasteiger partial charge in [0, 0.05) is 20.2 Å². The molecule has 2 saturated heterocycles. The third kappa shape index (κ3) is 2.19. The molecule has 1 N–H and O–H groups in total. The van der Waals surface area contributed by atoms with Crippen molar-refractivity contribution in [1.29, 1.82) is 0 Å². The lowest BCUT2D eigenvalue weighted by molar-refractivity contribution is -0.275. The van der Waals surface area contributed by atoms with Gasteiger partial charge in [0.25, 0.3) is 0 Å². The number of rotatable bonds is 3. The van der Waals surface area contributed by atoms with E-state index in [2.05, 4.69) is 0 Å². The van der Waals surface area contributed by atoms with Crippen LogP contribution >= 0.6 is 0 Å². The van der Waals surface area contributed by atoms with Crippen LogP contribution in [-0.2, 0) is 30.3 Å². The van der Waals surface area contributed by atoms with Crippen LogP contribution in [0.2, 0.25) is 0 Å². The van der Waals surface area contributed by atoms with E-state index in [4.69, 9.17) is 14.2 Å². The summed E-state index contributed by atoms with van der Waals surface area (Å²) in [7, 11) is 1.44. The van der Waals surface area contributed by atoms with Crippen molar-refractivity contribution in [2.24, 2.45) is 0 Å². The molecule has 21 heavy (non-hydrogen) atoms. The van der Waals surface area contributed by atoms with Crippen molar-refractivity contribution in [3.63, 3.8) is 0 Å². The van der Waals surface area contributed by atoms with E-state index in [0.717, 1.165) is 5.56 Å². The predicted octanol–water partition coefficient (Wildman–Crippen LogP) is -0.368. The molecule has 0 amide bonds. The van der Waals surface area contributed by atoms with Gasteiger partial charge in [-0.25, -0.2) is 14.5 Å². The largest absolute Gasteiger partial charge is 0.422 e. The summed E-state index contributed by atoms with van der Waals surface area (Å²) < 4.78 is 15.2. The fourth-order valence-electron chi connectivity index (χ4n) is 2.67. The van der Waals surface area contributed by atoms with Crippen LogP contribution in [-0.4, -0.2) is 53.7 Å². The monoisotopic (exact) mass is 293 g/mol. The molecule has 3 rings (SSSR count). The van der Waals surface area contributed by atoms with Crippen molar-refractivity contribution in [2.45, 2.75) is 24.7 Å². The van der Waals surface area contributed by atoms with Gasteiger partial charge in [-0.1, -0.05) is 30.3 Å². The summed E-state index contributed by atoms with van der Waals surface area (Å²) in [6.07, 6.45) is -1.88. The van der Waals surface area contributed by atoms with Crippen LogP contribution in [0.5, 0.6) is 0 Å². The molecular weight excluding hydrogens is 278 g/mol. The van der Waals surface area contributed by atoms with Crippen LogP contribution in [0.3, 0.4) is 0 Å². The zero-order valence-corrected chi connectivity index (χ0v) is 11.4. The van der Waals surface area contributed by atoms with E-state index in [1.807, 2.05) is 30.3 Å². The number of carbonyl (C=O) groups excluding carboxylic acids is 2. The van der Waals surface area contributed by atoms with E-state index in [0.29, 0.717) is 6.54 Å². The highest BCUT2D eigenvalue weighted by Crippen LogP contribution is 2.38. The Balaban J connectivity index is 1.90. The first-order chi connectivity index (χ1) is 10.1. The summed E-state index contributed by atoms with van der Waals surface area (Å²) in [5.74, 6) is -4.02. The zero-order valence-electron chi connectivity index (χ0n) is 11.4. The molecule has 7 nitrogen and oxygen atoms in total. The first kappa shape index (κ1) is 14.0. The van der Waals surface area contributed by atoms with Crippen molar-refractivity contribution in [3.05, 3.63) is 35.9 Å². The number of esters is 2. The van der Waals surface area contributed by atoms with Crippen LogP contribution in [0, 0.1) is 0 Å². The minimum Gasteiger partial charge on any atom is -0.397 e. The maximum absolute atomic E-state index is 11.4. The van der Waals surface area contributed by atoms with Gasteiger partial charge in [0.15, 0.2) is 6.10 Å². The van der Waals surface area contributed by atoms with Crippen LogP contribution in [0.15, 0.2) is 30.3 Å². The first-order valence-electron chi connectivity index (χ1n) is 6.53. The number of likely N-dealkylation sites (tertiary alicyclic amines) is 1. The summed E-state index contributed by atoms with van der Waals surface area (Å²) in [6, 6.07) is 9.40. The summed E-state index contributed by atoms with van der Waals surface area (Å²) in [6.45, 7) is 0.617. The number of hydrogen-bond acceptors (Lipinski definition) is 7. The molecular formula is C14H15NO6. The second-order valence-corrected chi connectivity index (χ2v) is 4.99. The summed E-state index contributed by atoms with van der Waals surface area (Å²) >= 11 is 0. The minimum absolute atomic E-state index is 0.271. The van der Waals surface area contributed by atoms with Gasteiger partial charge in [-0.2, -0.15) is 0 Å². The molecule has 0 aromatic heterocycles. The van der Waals surface area contributed by atoms with E-state index in [-0.39, 0.29) is 6.54 Å². The molecule has 0 unspecified atom stereocenters. The van der Waals surface area contributed by atoms with Crippen LogP contribution in [0.4, 0.5) is 0 Å². The van der Waals surface area contributed by atoms with Crippen molar-refractivity contribution < 1.29 is 28.9 Å². The Bertz CT molecular complexity index is 544. The van der Waals surface area contributed by atoms with Gasteiger partial charge < -0.3 is 19.3 Å². The van der Waals surface area contributed by atoms with E-state index >= 15 is 0 Å². The van der Waals surface area contributed by atoms with Gasteiger partial charge in [0.05, 0.1) is 0 Å². The standard InChI is InChI=1S/C14H15NO6/c1-19-10-8-15(7-9-5-3-2-4-6-9)14(11(10)16)20-12(17)13(18)21-14/h2-6,10-11,16H,7-8H2,1H3/t10-,11+/m0/s1. The maximum atomic E-state index is 11.4. The summed E-state index contributed by atoms with van der Waals surface area (Å²) in [4.78, 5) is 24.4. The Hall–Kier alpha value is -1.96. The Morgan fingerprint density at radius 1 is 1.29 bits per heavy atom. The number of nitrogens with zero attached hydrogens (tertiary/aromatic N) is 1. The van der Waals surface area contributed by atoms with Crippen LogP contribution in [0.1, 0.15) is 5.56 Å². The number of aliphatic hydroxyl groups is 1. The molecule has 2 heterocycles. The Morgan fingerprint density at radius 2 is 1.90 bits per heavy atom. The molecule has 0 bridgehead atoms. The Labute approximate surface area is 121 Å². The van der Waals surface area contributed by atoms with Crippen molar-refractivity contribution in [2.75, 3.05) is 13.7 Å². The average molecular weight is 293 g/mol. The maximum Gasteiger partial charge on any atom is 0.422 e. The molecule has 2 fully saturated rings. The molecule has 2 aliphatic heterocycles. The lowest BCUT2D eigenvalue weighted by Crippen LogP contribution is -2.52. The molecule has 0 saturated carbocycles. The number of aliphatic hydroxyl groups excluding tert-OH is 1. The normalized spacial score (nSPS) is 27.9. The van der Waals surface area contributed by atoms with Crippen molar-refractivity contribution in [3.8, 4) is 0 Å².